The number of aromatic nitrogens is 4. The lowest BCUT2D eigenvalue weighted by atomic mass is 10.2. The second-order valence-corrected chi connectivity index (χ2v) is 8.56. The van der Waals surface area contributed by atoms with Crippen LogP contribution in [0.2, 0.25) is 0 Å². The maximum atomic E-state index is 12.7. The summed E-state index contributed by atoms with van der Waals surface area (Å²) in [5.41, 5.74) is -0.155. The lowest BCUT2D eigenvalue weighted by molar-refractivity contribution is 0.603. The Morgan fingerprint density at radius 1 is 1.12 bits per heavy atom. The summed E-state index contributed by atoms with van der Waals surface area (Å²) in [6.07, 6.45) is 0.795. The highest BCUT2D eigenvalue weighted by Gasteiger charge is 2.19. The van der Waals surface area contributed by atoms with Gasteiger partial charge in [0.1, 0.15) is 16.2 Å². The second kappa shape index (κ2) is 8.89. The molecule has 0 radical (unpaired) electrons. The molecule has 0 aliphatic carbocycles. The van der Waals surface area contributed by atoms with E-state index in [1.807, 2.05) is 32.5 Å². The first-order valence-electron chi connectivity index (χ1n) is 8.64. The molecule has 0 aliphatic rings. The monoisotopic (exact) mass is 382 g/mol. The van der Waals surface area contributed by atoms with Crippen molar-refractivity contribution in [3.05, 3.63) is 26.7 Å². The van der Waals surface area contributed by atoms with Crippen LogP contribution in [0.3, 0.4) is 0 Å². The molecule has 0 aliphatic heterocycles. The van der Waals surface area contributed by atoms with Crippen LogP contribution in [0.25, 0.3) is 11.0 Å². The number of nitrogens with zero attached hydrogens (tertiary/aromatic N) is 4. The van der Waals surface area contributed by atoms with Crippen LogP contribution in [0, 0.1) is 0 Å². The molecule has 0 bridgehead atoms. The van der Waals surface area contributed by atoms with Crippen LogP contribution < -0.4 is 11.2 Å². The highest BCUT2D eigenvalue weighted by Crippen LogP contribution is 2.25. The number of hydrogen-bond acceptors (Lipinski definition) is 6. The third-order valence-electron chi connectivity index (χ3n) is 3.80. The fraction of sp³-hybridized carbons (Fsp3) is 0.647. The van der Waals surface area contributed by atoms with Crippen molar-refractivity contribution in [2.75, 3.05) is 17.3 Å². The minimum atomic E-state index is -0.315. The van der Waals surface area contributed by atoms with Gasteiger partial charge in [0, 0.05) is 31.0 Å². The van der Waals surface area contributed by atoms with Crippen LogP contribution in [-0.2, 0) is 13.6 Å². The Morgan fingerprint density at radius 2 is 1.84 bits per heavy atom. The summed E-state index contributed by atoms with van der Waals surface area (Å²) in [4.78, 5) is 34.5. The summed E-state index contributed by atoms with van der Waals surface area (Å²) < 4.78 is 2.77. The average Bonchev–Trinajstić information content (AvgIpc) is 2.59. The Hall–Kier alpha value is -1.28. The van der Waals surface area contributed by atoms with E-state index in [0.717, 1.165) is 23.7 Å². The van der Waals surface area contributed by atoms with E-state index in [1.54, 1.807) is 16.3 Å². The minimum Gasteiger partial charge on any atom is -0.277 e. The van der Waals surface area contributed by atoms with Gasteiger partial charge >= 0.3 is 5.69 Å². The van der Waals surface area contributed by atoms with E-state index in [9.17, 15) is 9.59 Å². The van der Waals surface area contributed by atoms with Gasteiger partial charge in [-0.3, -0.25) is 13.9 Å². The Bertz CT molecular complexity index is 858. The summed E-state index contributed by atoms with van der Waals surface area (Å²) >= 11 is 3.44. The number of rotatable bonds is 8. The normalized spacial score (nSPS) is 11.6. The van der Waals surface area contributed by atoms with Crippen molar-refractivity contribution in [3.8, 4) is 0 Å². The third-order valence-corrected chi connectivity index (χ3v) is 5.94. The molecular weight excluding hydrogens is 356 g/mol. The third kappa shape index (κ3) is 4.28. The van der Waals surface area contributed by atoms with Crippen molar-refractivity contribution in [2.24, 2.45) is 7.05 Å². The van der Waals surface area contributed by atoms with Crippen LogP contribution in [0.15, 0.2) is 14.6 Å². The molecule has 2 heterocycles. The summed E-state index contributed by atoms with van der Waals surface area (Å²) in [5.74, 6) is 3.75. The molecule has 2 rings (SSSR count). The second-order valence-electron chi connectivity index (χ2n) is 6.08. The van der Waals surface area contributed by atoms with Crippen molar-refractivity contribution >= 4 is 34.6 Å². The minimum absolute atomic E-state index is 0.128. The Morgan fingerprint density at radius 3 is 2.44 bits per heavy atom. The molecule has 2 aromatic heterocycles. The lowest BCUT2D eigenvalue weighted by Crippen LogP contribution is -2.39. The molecule has 0 saturated heterocycles. The topological polar surface area (TPSA) is 69.8 Å². The zero-order valence-electron chi connectivity index (χ0n) is 15.5. The largest absolute Gasteiger partial charge is 0.332 e. The molecule has 8 heteroatoms. The zero-order chi connectivity index (χ0) is 18.6. The van der Waals surface area contributed by atoms with E-state index in [1.165, 1.54) is 11.6 Å². The highest BCUT2D eigenvalue weighted by atomic mass is 32.2. The predicted molar refractivity (Wildman–Crippen MR) is 107 cm³/mol. The molecule has 25 heavy (non-hydrogen) atoms. The SMILES string of the molecule is CCCn1c(=O)n(C)c(=O)c2c(SCCSCC)nc(C(C)C)nc21. The number of hydrogen-bond donors (Lipinski definition) is 0. The Kier molecular flexibility index (Phi) is 7.13. The van der Waals surface area contributed by atoms with Crippen molar-refractivity contribution in [1.82, 2.24) is 19.1 Å². The van der Waals surface area contributed by atoms with E-state index < -0.39 is 0 Å². The molecule has 2 aromatic rings. The van der Waals surface area contributed by atoms with Gasteiger partial charge in [0.2, 0.25) is 0 Å². The number of thioether (sulfide) groups is 2. The smallest absolute Gasteiger partial charge is 0.277 e. The molecule has 0 spiro atoms. The summed E-state index contributed by atoms with van der Waals surface area (Å²) in [6, 6.07) is 0. The molecular formula is C17H26N4O2S2. The Balaban J connectivity index is 2.72. The van der Waals surface area contributed by atoms with Gasteiger partial charge in [-0.1, -0.05) is 27.7 Å². The molecule has 0 N–H and O–H groups in total. The van der Waals surface area contributed by atoms with Gasteiger partial charge < -0.3 is 0 Å². The standard InChI is InChI=1S/C17H26N4O2S2/c1-6-8-21-14-12(16(22)20(5)17(21)23)15(25-10-9-24-7-2)19-13(18-14)11(3)4/h11H,6-10H2,1-5H3. The van der Waals surface area contributed by atoms with Gasteiger partial charge in [0.25, 0.3) is 5.56 Å². The van der Waals surface area contributed by atoms with Crippen molar-refractivity contribution < 1.29 is 0 Å². The summed E-state index contributed by atoms with van der Waals surface area (Å²) in [6.45, 7) is 8.71. The highest BCUT2D eigenvalue weighted by molar-refractivity contribution is 8.03. The van der Waals surface area contributed by atoms with E-state index in [4.69, 9.17) is 0 Å². The number of aryl methyl sites for hydroxylation is 1. The molecule has 0 aromatic carbocycles. The molecule has 138 valence electrons. The molecule has 0 fully saturated rings. The summed E-state index contributed by atoms with van der Waals surface area (Å²) in [7, 11) is 1.52. The first-order valence-corrected chi connectivity index (χ1v) is 10.8. The molecule has 0 unspecified atom stereocenters. The molecule has 0 amide bonds. The fourth-order valence-corrected chi connectivity index (χ4v) is 4.25. The van der Waals surface area contributed by atoms with E-state index in [2.05, 4.69) is 16.9 Å². The van der Waals surface area contributed by atoms with Gasteiger partial charge in [-0.25, -0.2) is 14.8 Å². The maximum Gasteiger partial charge on any atom is 0.332 e. The van der Waals surface area contributed by atoms with Gasteiger partial charge in [-0.2, -0.15) is 11.8 Å². The summed E-state index contributed by atoms with van der Waals surface area (Å²) in [5, 5.41) is 1.15. The van der Waals surface area contributed by atoms with Crippen LogP contribution >= 0.6 is 23.5 Å². The molecule has 0 atom stereocenters. The maximum absolute atomic E-state index is 12.7. The van der Waals surface area contributed by atoms with Crippen molar-refractivity contribution in [2.45, 2.75) is 51.6 Å². The van der Waals surface area contributed by atoms with Gasteiger partial charge in [0.05, 0.1) is 0 Å². The fourth-order valence-electron chi connectivity index (χ4n) is 2.48. The van der Waals surface area contributed by atoms with E-state index in [0.29, 0.717) is 28.4 Å². The Labute approximate surface area is 156 Å². The first kappa shape index (κ1) is 20.0. The number of fused-ring (bicyclic) bond motifs is 1. The first-order chi connectivity index (χ1) is 11.9. The molecule has 6 nitrogen and oxygen atoms in total. The lowest BCUT2D eigenvalue weighted by Gasteiger charge is -2.15. The van der Waals surface area contributed by atoms with Gasteiger partial charge in [-0.05, 0) is 12.2 Å². The van der Waals surface area contributed by atoms with Gasteiger partial charge in [-0.15, -0.1) is 11.8 Å². The van der Waals surface area contributed by atoms with Crippen LogP contribution in [0.4, 0.5) is 0 Å². The van der Waals surface area contributed by atoms with Crippen LogP contribution in [0.1, 0.15) is 45.9 Å². The van der Waals surface area contributed by atoms with Crippen molar-refractivity contribution in [1.29, 1.82) is 0 Å². The molecule has 0 saturated carbocycles. The predicted octanol–water partition coefficient (Wildman–Crippen LogP) is 2.87. The van der Waals surface area contributed by atoms with E-state index in [-0.39, 0.29) is 17.2 Å². The van der Waals surface area contributed by atoms with Crippen LogP contribution in [0.5, 0.6) is 0 Å². The van der Waals surface area contributed by atoms with Crippen molar-refractivity contribution in [3.63, 3.8) is 0 Å². The van der Waals surface area contributed by atoms with Gasteiger partial charge in [0.15, 0.2) is 5.65 Å². The van der Waals surface area contributed by atoms with E-state index >= 15 is 0 Å². The quantitative estimate of drug-likeness (QED) is 0.397. The average molecular weight is 383 g/mol. The van der Waals surface area contributed by atoms with Crippen LogP contribution in [-0.4, -0.2) is 36.4 Å². The zero-order valence-corrected chi connectivity index (χ0v) is 17.2.